The van der Waals surface area contributed by atoms with E-state index in [0.29, 0.717) is 11.5 Å². The second kappa shape index (κ2) is 10.4. The van der Waals surface area contributed by atoms with Gasteiger partial charge in [0.1, 0.15) is 0 Å². The average molecular weight is 397 g/mol. The first-order valence-electron chi connectivity index (χ1n) is 10.6. The molecule has 2 aromatic rings. The second-order valence-corrected chi connectivity index (χ2v) is 7.74. The summed E-state index contributed by atoms with van der Waals surface area (Å²) in [5.41, 5.74) is 4.03. The van der Waals surface area contributed by atoms with Gasteiger partial charge < -0.3 is 4.74 Å². The van der Waals surface area contributed by atoms with Crippen LogP contribution in [0.4, 0.5) is 8.78 Å². The van der Waals surface area contributed by atoms with Gasteiger partial charge in [-0.1, -0.05) is 55.8 Å². The van der Waals surface area contributed by atoms with E-state index < -0.39 is 11.6 Å². The monoisotopic (exact) mass is 396 g/mol. The van der Waals surface area contributed by atoms with Crippen LogP contribution in [0.15, 0.2) is 54.6 Å². The van der Waals surface area contributed by atoms with Crippen LogP contribution in [0.1, 0.15) is 55.7 Å². The third-order valence-corrected chi connectivity index (χ3v) is 5.63. The molecule has 0 saturated carbocycles. The maximum atomic E-state index is 14.3. The minimum atomic E-state index is -0.907. The molecule has 0 spiro atoms. The van der Waals surface area contributed by atoms with Crippen LogP contribution in [-0.2, 0) is 12.8 Å². The molecule has 0 fully saturated rings. The average Bonchev–Trinajstić information content (AvgIpc) is 2.75. The summed E-state index contributed by atoms with van der Waals surface area (Å²) >= 11 is 0. The second-order valence-electron chi connectivity index (χ2n) is 7.74. The Morgan fingerprint density at radius 1 is 1.00 bits per heavy atom. The van der Waals surface area contributed by atoms with E-state index >= 15 is 0 Å². The van der Waals surface area contributed by atoms with E-state index in [1.165, 1.54) is 30.7 Å². The van der Waals surface area contributed by atoms with Crippen molar-refractivity contribution in [2.24, 2.45) is 5.92 Å². The lowest BCUT2D eigenvalue weighted by molar-refractivity contribution is 0.371. The van der Waals surface area contributed by atoms with Crippen LogP contribution < -0.4 is 4.74 Å². The zero-order valence-corrected chi connectivity index (χ0v) is 17.4. The van der Waals surface area contributed by atoms with Gasteiger partial charge >= 0.3 is 0 Å². The smallest absolute Gasteiger partial charge is 0.201 e. The molecule has 0 saturated heterocycles. The van der Waals surface area contributed by atoms with E-state index in [9.17, 15) is 8.78 Å². The van der Waals surface area contributed by atoms with Crippen molar-refractivity contribution >= 4 is 5.57 Å². The first kappa shape index (κ1) is 21.3. The molecule has 1 unspecified atom stereocenters. The molecule has 1 atom stereocenters. The molecular formula is C26H30F2O. The van der Waals surface area contributed by atoms with Gasteiger partial charge in [-0.25, -0.2) is 4.39 Å². The van der Waals surface area contributed by atoms with Crippen molar-refractivity contribution in [3.63, 3.8) is 0 Å². The third-order valence-electron chi connectivity index (χ3n) is 5.63. The van der Waals surface area contributed by atoms with Crippen molar-refractivity contribution < 1.29 is 13.5 Å². The maximum absolute atomic E-state index is 14.3. The van der Waals surface area contributed by atoms with Gasteiger partial charge in [-0.2, -0.15) is 4.39 Å². The van der Waals surface area contributed by atoms with Gasteiger partial charge in [-0.15, -0.1) is 0 Å². The van der Waals surface area contributed by atoms with E-state index in [-0.39, 0.29) is 5.75 Å². The molecule has 0 N–H and O–H groups in total. The van der Waals surface area contributed by atoms with Crippen LogP contribution in [0.5, 0.6) is 5.75 Å². The number of hydrogen-bond acceptors (Lipinski definition) is 1. The van der Waals surface area contributed by atoms with Crippen LogP contribution in [0.3, 0.4) is 0 Å². The molecule has 1 aliphatic carbocycles. The number of ether oxygens (including phenoxy) is 1. The van der Waals surface area contributed by atoms with Gasteiger partial charge in [0, 0.05) is 5.56 Å². The zero-order valence-electron chi connectivity index (χ0n) is 17.4. The first-order valence-corrected chi connectivity index (χ1v) is 10.6. The predicted octanol–water partition coefficient (Wildman–Crippen LogP) is 7.30. The number of rotatable bonds is 8. The van der Waals surface area contributed by atoms with Crippen molar-refractivity contribution in [2.45, 2.75) is 51.9 Å². The fourth-order valence-corrected chi connectivity index (χ4v) is 3.91. The van der Waals surface area contributed by atoms with E-state index in [1.807, 2.05) is 0 Å². The lowest BCUT2D eigenvalue weighted by Crippen LogP contribution is -2.05. The summed E-state index contributed by atoms with van der Waals surface area (Å²) in [5, 5.41) is 0. The molecule has 0 aliphatic heterocycles. The summed E-state index contributed by atoms with van der Waals surface area (Å²) < 4.78 is 33.1. The number of hydrogen-bond donors (Lipinski definition) is 0. The van der Waals surface area contributed by atoms with Crippen LogP contribution >= 0.6 is 0 Å². The van der Waals surface area contributed by atoms with Crippen LogP contribution in [0.25, 0.3) is 5.57 Å². The molecular weight excluding hydrogens is 366 g/mol. The van der Waals surface area contributed by atoms with Crippen molar-refractivity contribution in [1.29, 1.82) is 0 Å². The maximum Gasteiger partial charge on any atom is 0.201 e. The van der Waals surface area contributed by atoms with Crippen molar-refractivity contribution in [1.82, 2.24) is 0 Å². The highest BCUT2D eigenvalue weighted by atomic mass is 19.2. The van der Waals surface area contributed by atoms with Crippen molar-refractivity contribution in [3.05, 3.63) is 83.0 Å². The quantitative estimate of drug-likeness (QED) is 0.425. The Bertz CT molecular complexity index is 865. The highest BCUT2D eigenvalue weighted by molar-refractivity contribution is 5.67. The lowest BCUT2D eigenvalue weighted by atomic mass is 9.86. The summed E-state index contributed by atoms with van der Waals surface area (Å²) in [4.78, 5) is 0. The van der Waals surface area contributed by atoms with Crippen molar-refractivity contribution in [3.8, 4) is 5.75 Å². The SMILES string of the molecule is CCCc1ccc(CCC=CC2CC=C(c3ccc(OC)c(F)c3F)CC2)cc1. The zero-order chi connectivity index (χ0) is 20.6. The molecule has 2 aromatic carbocycles. The predicted molar refractivity (Wildman–Crippen MR) is 116 cm³/mol. The van der Waals surface area contributed by atoms with Crippen LogP contribution in [-0.4, -0.2) is 7.11 Å². The summed E-state index contributed by atoms with van der Waals surface area (Å²) in [6.07, 6.45) is 13.6. The Labute approximate surface area is 173 Å². The summed E-state index contributed by atoms with van der Waals surface area (Å²) in [7, 11) is 1.34. The summed E-state index contributed by atoms with van der Waals surface area (Å²) in [5.74, 6) is -1.30. The number of aryl methyl sites for hydroxylation is 2. The topological polar surface area (TPSA) is 9.23 Å². The summed E-state index contributed by atoms with van der Waals surface area (Å²) in [6.45, 7) is 2.20. The molecule has 1 aliphatic rings. The number of methoxy groups -OCH3 is 1. The molecule has 0 radical (unpaired) electrons. The van der Waals surface area contributed by atoms with Crippen LogP contribution in [0.2, 0.25) is 0 Å². The summed E-state index contributed by atoms with van der Waals surface area (Å²) in [6, 6.07) is 12.0. The van der Waals surface area contributed by atoms with Gasteiger partial charge in [0.05, 0.1) is 7.11 Å². The minimum absolute atomic E-state index is 0.0523. The van der Waals surface area contributed by atoms with Gasteiger partial charge in [0.15, 0.2) is 11.6 Å². The Balaban J connectivity index is 1.51. The molecule has 154 valence electrons. The van der Waals surface area contributed by atoms with E-state index in [2.05, 4.69) is 49.4 Å². The van der Waals surface area contributed by atoms with Crippen LogP contribution in [0, 0.1) is 17.6 Å². The lowest BCUT2D eigenvalue weighted by Gasteiger charge is -2.20. The Morgan fingerprint density at radius 3 is 2.34 bits per heavy atom. The van der Waals surface area contributed by atoms with Gasteiger partial charge in [0.2, 0.25) is 5.82 Å². The molecule has 3 heteroatoms. The largest absolute Gasteiger partial charge is 0.494 e. The normalized spacial score (nSPS) is 16.8. The number of benzene rings is 2. The number of allylic oxidation sites excluding steroid dienone is 4. The molecule has 0 amide bonds. The third kappa shape index (κ3) is 5.56. The van der Waals surface area contributed by atoms with Crippen molar-refractivity contribution in [2.75, 3.05) is 7.11 Å². The minimum Gasteiger partial charge on any atom is -0.494 e. The Morgan fingerprint density at radius 2 is 1.72 bits per heavy atom. The van der Waals surface area contributed by atoms with E-state index in [0.717, 1.165) is 44.1 Å². The van der Waals surface area contributed by atoms with Gasteiger partial charge in [-0.05, 0) is 73.3 Å². The number of halogens is 2. The molecule has 29 heavy (non-hydrogen) atoms. The van der Waals surface area contributed by atoms with Gasteiger partial charge in [0.25, 0.3) is 0 Å². The first-order chi connectivity index (χ1) is 14.1. The Kier molecular flexibility index (Phi) is 7.62. The molecule has 0 aromatic heterocycles. The molecule has 0 bridgehead atoms. The highest BCUT2D eigenvalue weighted by Gasteiger charge is 2.19. The highest BCUT2D eigenvalue weighted by Crippen LogP contribution is 2.34. The molecule has 3 rings (SSSR count). The van der Waals surface area contributed by atoms with E-state index in [1.54, 1.807) is 6.07 Å². The molecule has 0 heterocycles. The fourth-order valence-electron chi connectivity index (χ4n) is 3.91. The van der Waals surface area contributed by atoms with E-state index in [4.69, 9.17) is 4.74 Å². The fraction of sp³-hybridized carbons (Fsp3) is 0.385. The van der Waals surface area contributed by atoms with Gasteiger partial charge in [-0.3, -0.25) is 0 Å². The standard InChI is InChI=1S/C26H30F2O/c1-3-6-19-9-11-20(12-10-19)7-4-5-8-21-13-15-22(16-14-21)23-17-18-24(29-2)26(28)25(23)27/h5,8-12,15,17-18,21H,3-4,6-7,13-14,16H2,1-2H3. The Hall–Kier alpha value is -2.42. The molecule has 1 nitrogen and oxygen atoms in total.